The summed E-state index contributed by atoms with van der Waals surface area (Å²) in [7, 11) is 0. The number of rotatable bonds is 4. The number of aryl methyl sites for hydroxylation is 1. The van der Waals surface area contributed by atoms with Crippen LogP contribution < -0.4 is 5.32 Å². The van der Waals surface area contributed by atoms with Crippen LogP contribution in [0.1, 0.15) is 17.5 Å². The van der Waals surface area contributed by atoms with Gasteiger partial charge in [-0.3, -0.25) is 9.79 Å². The second-order valence-electron chi connectivity index (χ2n) is 7.06. The molecule has 0 radical (unpaired) electrons. The molecule has 156 valence electrons. The molecule has 0 aromatic heterocycles. The van der Waals surface area contributed by atoms with E-state index in [-0.39, 0.29) is 16.7 Å². The number of amides is 1. The van der Waals surface area contributed by atoms with Crippen LogP contribution >= 0.6 is 23.4 Å². The summed E-state index contributed by atoms with van der Waals surface area (Å²) < 4.78 is 13.3. The quantitative estimate of drug-likeness (QED) is 0.479. The summed E-state index contributed by atoms with van der Waals surface area (Å²) in [4.78, 5) is 22.0. The SMILES string of the molecule is Cc1ccc(C2=Nc3ccccc3N=C(SCC(=O)Nc3ccc(F)c(Cl)c3)C2)cc1. The average Bonchev–Trinajstić information content (AvgIpc) is 2.95. The minimum absolute atomic E-state index is 0.0332. The molecule has 4 nitrogen and oxygen atoms in total. The third-order valence-corrected chi connectivity index (χ3v) is 5.92. The average molecular weight is 452 g/mol. The molecule has 1 aliphatic rings. The third-order valence-electron chi connectivity index (χ3n) is 4.66. The maximum absolute atomic E-state index is 13.3. The van der Waals surface area contributed by atoms with Gasteiger partial charge in [-0.15, -0.1) is 11.8 Å². The van der Waals surface area contributed by atoms with Gasteiger partial charge in [0.2, 0.25) is 5.91 Å². The predicted molar refractivity (Wildman–Crippen MR) is 128 cm³/mol. The first kappa shape index (κ1) is 21.3. The molecule has 0 bridgehead atoms. The highest BCUT2D eigenvalue weighted by Gasteiger charge is 2.17. The van der Waals surface area contributed by atoms with E-state index in [0.29, 0.717) is 12.1 Å². The van der Waals surface area contributed by atoms with Gasteiger partial charge in [0.05, 0.1) is 32.9 Å². The fourth-order valence-electron chi connectivity index (χ4n) is 3.07. The van der Waals surface area contributed by atoms with Crippen LogP contribution in [0.3, 0.4) is 0 Å². The van der Waals surface area contributed by atoms with Crippen LogP contribution in [0.2, 0.25) is 5.02 Å². The number of hydrogen-bond donors (Lipinski definition) is 1. The predicted octanol–water partition coefficient (Wildman–Crippen LogP) is 6.71. The van der Waals surface area contributed by atoms with Gasteiger partial charge in [0.25, 0.3) is 0 Å². The lowest BCUT2D eigenvalue weighted by Crippen LogP contribution is -2.16. The summed E-state index contributed by atoms with van der Waals surface area (Å²) in [5.74, 6) is -0.581. The minimum Gasteiger partial charge on any atom is -0.325 e. The van der Waals surface area contributed by atoms with E-state index in [0.717, 1.165) is 27.7 Å². The summed E-state index contributed by atoms with van der Waals surface area (Å²) in [6.07, 6.45) is 0.526. The van der Waals surface area contributed by atoms with E-state index < -0.39 is 5.82 Å². The summed E-state index contributed by atoms with van der Waals surface area (Å²) in [6, 6.07) is 20.0. The van der Waals surface area contributed by atoms with Crippen LogP contribution in [0.15, 0.2) is 76.7 Å². The molecular formula is C24H19ClFN3OS. The smallest absolute Gasteiger partial charge is 0.234 e. The topological polar surface area (TPSA) is 53.8 Å². The van der Waals surface area contributed by atoms with E-state index in [1.54, 1.807) is 0 Å². The number of fused-ring (bicyclic) bond motifs is 1. The number of anilines is 1. The van der Waals surface area contributed by atoms with E-state index in [1.807, 2.05) is 31.2 Å². The van der Waals surface area contributed by atoms with E-state index in [2.05, 4.69) is 29.6 Å². The van der Waals surface area contributed by atoms with Gasteiger partial charge in [-0.25, -0.2) is 9.38 Å². The zero-order valence-electron chi connectivity index (χ0n) is 16.7. The number of carbonyl (C=O) groups excluding carboxylic acids is 1. The van der Waals surface area contributed by atoms with Crippen LogP contribution in [0, 0.1) is 12.7 Å². The molecular weight excluding hydrogens is 433 g/mol. The van der Waals surface area contributed by atoms with Crippen molar-refractivity contribution in [2.45, 2.75) is 13.3 Å². The Morgan fingerprint density at radius 1 is 1.06 bits per heavy atom. The van der Waals surface area contributed by atoms with Crippen molar-refractivity contribution in [1.82, 2.24) is 0 Å². The van der Waals surface area contributed by atoms with Crippen LogP contribution in [0.5, 0.6) is 0 Å². The molecule has 0 saturated carbocycles. The van der Waals surface area contributed by atoms with Crippen molar-refractivity contribution in [2.24, 2.45) is 9.98 Å². The molecule has 1 aliphatic heterocycles. The first-order chi connectivity index (χ1) is 15.0. The standard InChI is InChI=1S/C24H19ClFN3OS/c1-15-6-8-16(9-7-15)22-13-24(29-21-5-3-2-4-20(21)28-22)31-14-23(30)27-17-10-11-19(26)18(25)12-17/h2-12H,13-14H2,1H3,(H,27,30). The second-order valence-corrected chi connectivity index (χ2v) is 8.52. The van der Waals surface area contributed by atoms with Gasteiger partial charge in [0.1, 0.15) is 5.82 Å². The fourth-order valence-corrected chi connectivity index (χ4v) is 4.02. The lowest BCUT2D eigenvalue weighted by atomic mass is 10.1. The van der Waals surface area contributed by atoms with E-state index in [1.165, 1.54) is 35.5 Å². The number of thioether (sulfide) groups is 1. The molecule has 1 heterocycles. The van der Waals surface area contributed by atoms with Gasteiger partial charge in [0.15, 0.2) is 0 Å². The van der Waals surface area contributed by atoms with Gasteiger partial charge >= 0.3 is 0 Å². The van der Waals surface area contributed by atoms with Crippen molar-refractivity contribution in [2.75, 3.05) is 11.1 Å². The lowest BCUT2D eigenvalue weighted by Gasteiger charge is -2.09. The molecule has 7 heteroatoms. The van der Waals surface area contributed by atoms with Gasteiger partial charge in [-0.2, -0.15) is 0 Å². The van der Waals surface area contributed by atoms with Gasteiger partial charge in [-0.1, -0.05) is 53.6 Å². The Morgan fingerprint density at radius 3 is 2.48 bits per heavy atom. The molecule has 0 fully saturated rings. The van der Waals surface area contributed by atoms with Gasteiger partial charge < -0.3 is 5.32 Å². The minimum atomic E-state index is -0.525. The third kappa shape index (κ3) is 5.40. The van der Waals surface area contributed by atoms with Crippen molar-refractivity contribution < 1.29 is 9.18 Å². The molecule has 31 heavy (non-hydrogen) atoms. The molecule has 0 atom stereocenters. The number of para-hydroxylation sites is 2. The van der Waals surface area contributed by atoms with Crippen LogP contribution in [0.4, 0.5) is 21.5 Å². The highest BCUT2D eigenvalue weighted by molar-refractivity contribution is 8.14. The molecule has 1 N–H and O–H groups in total. The Bertz CT molecular complexity index is 1190. The largest absolute Gasteiger partial charge is 0.325 e. The molecule has 1 amide bonds. The summed E-state index contributed by atoms with van der Waals surface area (Å²) >= 11 is 7.14. The molecule has 0 unspecified atom stereocenters. The van der Waals surface area contributed by atoms with Crippen LogP contribution in [-0.2, 0) is 4.79 Å². The highest BCUT2D eigenvalue weighted by atomic mass is 35.5. The number of halogens is 2. The van der Waals surface area contributed by atoms with Crippen molar-refractivity contribution >= 4 is 57.1 Å². The second kappa shape index (κ2) is 9.45. The molecule has 3 aromatic rings. The maximum atomic E-state index is 13.3. The Labute approximate surface area is 189 Å². The Morgan fingerprint density at radius 2 is 1.77 bits per heavy atom. The van der Waals surface area contributed by atoms with Crippen LogP contribution in [-0.4, -0.2) is 22.4 Å². The Balaban J connectivity index is 1.51. The monoisotopic (exact) mass is 451 g/mol. The first-order valence-corrected chi connectivity index (χ1v) is 11.0. The summed E-state index contributed by atoms with van der Waals surface area (Å²) in [5.41, 5.74) is 5.14. The summed E-state index contributed by atoms with van der Waals surface area (Å²) in [5, 5.41) is 3.51. The number of benzene rings is 3. The van der Waals surface area contributed by atoms with E-state index in [4.69, 9.17) is 21.6 Å². The van der Waals surface area contributed by atoms with Gasteiger partial charge in [-0.05, 0) is 42.8 Å². The van der Waals surface area contributed by atoms with Crippen molar-refractivity contribution in [3.63, 3.8) is 0 Å². The number of aliphatic imine (C=N–C) groups is 2. The highest BCUT2D eigenvalue weighted by Crippen LogP contribution is 2.33. The van der Waals surface area contributed by atoms with Gasteiger partial charge in [0, 0.05) is 12.1 Å². The number of hydrogen-bond acceptors (Lipinski definition) is 4. The maximum Gasteiger partial charge on any atom is 0.234 e. The van der Waals surface area contributed by atoms with E-state index >= 15 is 0 Å². The van der Waals surface area contributed by atoms with Crippen LogP contribution in [0.25, 0.3) is 0 Å². The summed E-state index contributed by atoms with van der Waals surface area (Å²) in [6.45, 7) is 2.05. The zero-order valence-corrected chi connectivity index (χ0v) is 18.3. The molecule has 0 aliphatic carbocycles. The first-order valence-electron chi connectivity index (χ1n) is 9.67. The van der Waals surface area contributed by atoms with E-state index in [9.17, 15) is 9.18 Å². The fraction of sp³-hybridized carbons (Fsp3) is 0.125. The molecule has 0 saturated heterocycles. The normalized spacial score (nSPS) is 13.0. The van der Waals surface area contributed by atoms with Crippen molar-refractivity contribution in [3.8, 4) is 0 Å². The number of nitrogens with zero attached hydrogens (tertiary/aromatic N) is 2. The zero-order chi connectivity index (χ0) is 21.8. The Kier molecular flexibility index (Phi) is 6.49. The lowest BCUT2D eigenvalue weighted by molar-refractivity contribution is -0.113. The molecule has 0 spiro atoms. The molecule has 4 rings (SSSR count). The molecule has 3 aromatic carbocycles. The number of nitrogens with one attached hydrogen (secondary N) is 1. The van der Waals surface area contributed by atoms with Crippen molar-refractivity contribution in [3.05, 3.63) is 88.7 Å². The number of carbonyl (C=O) groups is 1. The van der Waals surface area contributed by atoms with Crippen molar-refractivity contribution in [1.29, 1.82) is 0 Å². The Hall–Kier alpha value is -2.96.